The number of carbonyl (C=O) groups excluding carboxylic acids is 3. The van der Waals surface area contributed by atoms with Crippen molar-refractivity contribution in [3.8, 4) is 0 Å². The maximum Gasteiger partial charge on any atom is 0.320 e. The Hall–Kier alpha value is -1.71. The van der Waals surface area contributed by atoms with Crippen LogP contribution in [0.4, 0.5) is 0 Å². The predicted molar refractivity (Wildman–Crippen MR) is 136 cm³/mol. The molecule has 0 bridgehead atoms. The quantitative estimate of drug-likeness (QED) is 0.252. The van der Waals surface area contributed by atoms with Crippen molar-refractivity contribution in [1.29, 1.82) is 0 Å². The van der Waals surface area contributed by atoms with Crippen LogP contribution in [0.15, 0.2) is 0 Å². The Morgan fingerprint density at radius 3 is 1.77 bits per heavy atom. The van der Waals surface area contributed by atoms with Crippen LogP contribution >= 0.6 is 0 Å². The molecule has 0 saturated heterocycles. The minimum absolute atomic E-state index is 0.0459. The lowest BCUT2D eigenvalue weighted by molar-refractivity contribution is -0.158. The summed E-state index contributed by atoms with van der Waals surface area (Å²) < 4.78 is 16.4. The molecular formula is C26H49N3O6. The summed E-state index contributed by atoms with van der Waals surface area (Å²) in [6.07, 6.45) is 3.91. The summed E-state index contributed by atoms with van der Waals surface area (Å²) in [5.74, 6) is -0.897. The molecule has 2 atom stereocenters. The summed E-state index contributed by atoms with van der Waals surface area (Å²) in [5.41, 5.74) is -1.64. The first-order valence-electron chi connectivity index (χ1n) is 12.8. The largest absolute Gasteiger partial charge is 0.459 e. The zero-order chi connectivity index (χ0) is 26.9. The molecule has 0 aliphatic heterocycles. The maximum atomic E-state index is 12.7. The molecular weight excluding hydrogens is 450 g/mol. The van der Waals surface area contributed by atoms with Crippen LogP contribution in [-0.2, 0) is 28.6 Å². The van der Waals surface area contributed by atoms with Crippen molar-refractivity contribution in [1.82, 2.24) is 15.5 Å². The third-order valence-electron chi connectivity index (χ3n) is 5.14. The van der Waals surface area contributed by atoms with E-state index in [0.717, 1.165) is 25.7 Å². The van der Waals surface area contributed by atoms with E-state index in [4.69, 9.17) is 14.2 Å². The molecule has 0 amide bonds. The van der Waals surface area contributed by atoms with Gasteiger partial charge in [0.05, 0.1) is 19.6 Å². The van der Waals surface area contributed by atoms with Gasteiger partial charge in [-0.2, -0.15) is 0 Å². The Labute approximate surface area is 212 Å². The average Bonchev–Trinajstić information content (AvgIpc) is 2.65. The highest BCUT2D eigenvalue weighted by Crippen LogP contribution is 2.24. The number of ether oxygens (including phenoxy) is 3. The first-order chi connectivity index (χ1) is 16.0. The van der Waals surface area contributed by atoms with E-state index in [1.165, 1.54) is 0 Å². The van der Waals surface area contributed by atoms with E-state index in [2.05, 4.69) is 15.5 Å². The number of nitrogens with one attached hydrogen (secondary N) is 2. The normalized spacial score (nSPS) is 19.4. The van der Waals surface area contributed by atoms with E-state index in [0.29, 0.717) is 13.1 Å². The number of hydrogen-bond acceptors (Lipinski definition) is 9. The minimum atomic E-state index is -0.571. The second kappa shape index (κ2) is 13.6. The summed E-state index contributed by atoms with van der Waals surface area (Å²) in [6, 6.07) is 0.103. The molecule has 1 aliphatic rings. The lowest BCUT2D eigenvalue weighted by atomic mass is 9.89. The third kappa shape index (κ3) is 15.1. The summed E-state index contributed by atoms with van der Waals surface area (Å²) in [7, 11) is 0. The minimum Gasteiger partial charge on any atom is -0.459 e. The summed E-state index contributed by atoms with van der Waals surface area (Å²) >= 11 is 0. The highest BCUT2D eigenvalue weighted by Gasteiger charge is 2.32. The molecule has 2 N–H and O–H groups in total. The van der Waals surface area contributed by atoms with Crippen LogP contribution in [0.1, 0.15) is 88.0 Å². The molecule has 0 spiro atoms. The molecule has 9 heteroatoms. The number of carbonyl (C=O) groups is 3. The van der Waals surface area contributed by atoms with Crippen LogP contribution in [0.5, 0.6) is 0 Å². The molecule has 1 rings (SSSR count). The van der Waals surface area contributed by atoms with Crippen molar-refractivity contribution in [2.45, 2.75) is 117 Å². The standard InChI is InChI=1S/C26H49N3O6/c1-24(2,3)33-21(30)16-27-14-15-29(18-23(32)35-26(7,8)9)20-13-11-10-12-19(20)28-17-22(31)34-25(4,5)6/h19-20,27-28H,10-18H2,1-9H3/t19-,20-/m1/s1. The zero-order valence-electron chi connectivity index (χ0n) is 23.4. The number of nitrogens with zero attached hydrogens (tertiary/aromatic N) is 1. The van der Waals surface area contributed by atoms with E-state index in [9.17, 15) is 14.4 Å². The Morgan fingerprint density at radius 1 is 0.743 bits per heavy atom. The highest BCUT2D eigenvalue weighted by atomic mass is 16.6. The molecule has 35 heavy (non-hydrogen) atoms. The first-order valence-corrected chi connectivity index (χ1v) is 12.8. The van der Waals surface area contributed by atoms with Crippen molar-refractivity contribution in [2.75, 3.05) is 32.7 Å². The van der Waals surface area contributed by atoms with E-state index >= 15 is 0 Å². The molecule has 1 aliphatic carbocycles. The van der Waals surface area contributed by atoms with Gasteiger partial charge in [0.15, 0.2) is 0 Å². The Morgan fingerprint density at radius 2 is 1.23 bits per heavy atom. The van der Waals surface area contributed by atoms with Crippen LogP contribution in [0.3, 0.4) is 0 Å². The second-order valence-electron chi connectivity index (χ2n) is 12.2. The highest BCUT2D eigenvalue weighted by molar-refractivity contribution is 5.73. The summed E-state index contributed by atoms with van der Waals surface area (Å²) in [5, 5.41) is 6.49. The molecule has 0 unspecified atom stereocenters. The Kier molecular flexibility index (Phi) is 12.1. The molecule has 1 saturated carbocycles. The van der Waals surface area contributed by atoms with Crippen molar-refractivity contribution in [2.24, 2.45) is 0 Å². The fourth-order valence-corrected chi connectivity index (χ4v) is 4.07. The molecule has 0 aromatic carbocycles. The van der Waals surface area contributed by atoms with Crippen LogP contribution in [-0.4, -0.2) is 84.4 Å². The number of esters is 3. The Balaban J connectivity index is 2.80. The van der Waals surface area contributed by atoms with Crippen molar-refractivity contribution >= 4 is 17.9 Å². The van der Waals surface area contributed by atoms with Gasteiger partial charge in [-0.25, -0.2) is 0 Å². The van der Waals surface area contributed by atoms with Gasteiger partial charge in [-0.05, 0) is 75.2 Å². The van der Waals surface area contributed by atoms with Crippen LogP contribution < -0.4 is 10.6 Å². The molecule has 9 nitrogen and oxygen atoms in total. The summed E-state index contributed by atoms with van der Waals surface area (Å²) in [4.78, 5) is 39.1. The van der Waals surface area contributed by atoms with Gasteiger partial charge in [0.25, 0.3) is 0 Å². The van der Waals surface area contributed by atoms with Gasteiger partial charge < -0.3 is 24.8 Å². The maximum absolute atomic E-state index is 12.7. The molecule has 1 fully saturated rings. The first kappa shape index (κ1) is 31.3. The fraction of sp³-hybridized carbons (Fsp3) is 0.885. The lowest BCUT2D eigenvalue weighted by Gasteiger charge is -2.40. The van der Waals surface area contributed by atoms with E-state index in [1.54, 1.807) is 0 Å². The molecule has 0 radical (unpaired) electrons. The summed E-state index contributed by atoms with van der Waals surface area (Å²) in [6.45, 7) is 18.0. The molecule has 204 valence electrons. The van der Waals surface area contributed by atoms with Gasteiger partial charge in [0, 0.05) is 25.2 Å². The topological polar surface area (TPSA) is 106 Å². The van der Waals surface area contributed by atoms with Crippen molar-refractivity contribution < 1.29 is 28.6 Å². The number of hydrogen-bond donors (Lipinski definition) is 2. The van der Waals surface area contributed by atoms with Gasteiger partial charge >= 0.3 is 17.9 Å². The zero-order valence-corrected chi connectivity index (χ0v) is 23.4. The van der Waals surface area contributed by atoms with Gasteiger partial charge in [0.2, 0.25) is 0 Å². The predicted octanol–water partition coefficient (Wildman–Crippen LogP) is 2.80. The van der Waals surface area contributed by atoms with Crippen molar-refractivity contribution in [3.05, 3.63) is 0 Å². The molecule has 0 aromatic rings. The SMILES string of the molecule is CC(C)(C)OC(=O)CNCCN(CC(=O)OC(C)(C)C)[C@@H]1CCCC[C@H]1NCC(=O)OC(C)(C)C. The van der Waals surface area contributed by atoms with Crippen LogP contribution in [0, 0.1) is 0 Å². The van der Waals surface area contributed by atoms with Crippen molar-refractivity contribution in [3.63, 3.8) is 0 Å². The van der Waals surface area contributed by atoms with Gasteiger partial charge in [-0.3, -0.25) is 19.3 Å². The average molecular weight is 500 g/mol. The second-order valence-corrected chi connectivity index (χ2v) is 12.2. The number of rotatable bonds is 11. The third-order valence-corrected chi connectivity index (χ3v) is 5.14. The molecule has 0 aromatic heterocycles. The van der Waals surface area contributed by atoms with Crippen LogP contribution in [0.2, 0.25) is 0 Å². The fourth-order valence-electron chi connectivity index (χ4n) is 4.07. The van der Waals surface area contributed by atoms with E-state index < -0.39 is 16.8 Å². The Bertz CT molecular complexity index is 691. The lowest BCUT2D eigenvalue weighted by Crippen LogP contribution is -2.55. The van der Waals surface area contributed by atoms with Crippen LogP contribution in [0.25, 0.3) is 0 Å². The smallest absolute Gasteiger partial charge is 0.320 e. The monoisotopic (exact) mass is 499 g/mol. The van der Waals surface area contributed by atoms with E-state index in [-0.39, 0.29) is 49.6 Å². The van der Waals surface area contributed by atoms with Gasteiger partial charge in [-0.1, -0.05) is 12.8 Å². The van der Waals surface area contributed by atoms with E-state index in [1.807, 2.05) is 62.3 Å². The van der Waals surface area contributed by atoms with Gasteiger partial charge in [0.1, 0.15) is 16.8 Å². The van der Waals surface area contributed by atoms with Gasteiger partial charge in [-0.15, -0.1) is 0 Å². The molecule has 0 heterocycles.